The lowest BCUT2D eigenvalue weighted by atomic mass is 9.67. The van der Waals surface area contributed by atoms with E-state index in [2.05, 4.69) is 25.8 Å². The molecule has 3 nitrogen and oxygen atoms in total. The van der Waals surface area contributed by atoms with Crippen molar-refractivity contribution < 1.29 is 5.11 Å². The lowest BCUT2D eigenvalue weighted by Gasteiger charge is -2.39. The van der Waals surface area contributed by atoms with Gasteiger partial charge in [0.05, 0.1) is 6.10 Å². The van der Waals surface area contributed by atoms with Gasteiger partial charge in [-0.25, -0.2) is 0 Å². The summed E-state index contributed by atoms with van der Waals surface area (Å²) in [5.74, 6) is 1.19. The van der Waals surface area contributed by atoms with Crippen LogP contribution >= 0.6 is 0 Å². The van der Waals surface area contributed by atoms with E-state index >= 15 is 0 Å². The van der Waals surface area contributed by atoms with E-state index in [4.69, 9.17) is 5.73 Å². The van der Waals surface area contributed by atoms with Crippen molar-refractivity contribution in [3.05, 3.63) is 30.1 Å². The average molecular weight is 290 g/mol. The minimum absolute atomic E-state index is 0.0317. The fourth-order valence-corrected chi connectivity index (χ4v) is 3.74. The zero-order chi connectivity index (χ0) is 15.5. The molecule has 21 heavy (non-hydrogen) atoms. The van der Waals surface area contributed by atoms with Gasteiger partial charge in [-0.3, -0.25) is 4.98 Å². The molecule has 3 N–H and O–H groups in total. The van der Waals surface area contributed by atoms with Crippen LogP contribution in [0, 0.1) is 17.3 Å². The highest BCUT2D eigenvalue weighted by atomic mass is 16.3. The van der Waals surface area contributed by atoms with Gasteiger partial charge in [-0.1, -0.05) is 20.8 Å². The van der Waals surface area contributed by atoms with Crippen LogP contribution in [0.5, 0.6) is 0 Å². The third-order valence-electron chi connectivity index (χ3n) is 5.28. The Morgan fingerprint density at radius 3 is 2.24 bits per heavy atom. The van der Waals surface area contributed by atoms with Crippen LogP contribution in [-0.4, -0.2) is 22.7 Å². The van der Waals surface area contributed by atoms with Crippen molar-refractivity contribution in [1.29, 1.82) is 0 Å². The first-order valence-electron chi connectivity index (χ1n) is 8.21. The molecular weight excluding hydrogens is 260 g/mol. The van der Waals surface area contributed by atoms with Crippen LogP contribution in [0.15, 0.2) is 24.5 Å². The van der Waals surface area contributed by atoms with Crippen LogP contribution in [0.25, 0.3) is 0 Å². The van der Waals surface area contributed by atoms with Crippen molar-refractivity contribution in [1.82, 2.24) is 4.98 Å². The fourth-order valence-electron chi connectivity index (χ4n) is 3.74. The molecule has 2 unspecified atom stereocenters. The van der Waals surface area contributed by atoms with Crippen LogP contribution in [0.3, 0.4) is 0 Å². The van der Waals surface area contributed by atoms with Gasteiger partial charge in [-0.05, 0) is 60.6 Å². The van der Waals surface area contributed by atoms with Gasteiger partial charge in [0.2, 0.25) is 0 Å². The summed E-state index contributed by atoms with van der Waals surface area (Å²) in [5, 5.41) is 10.8. The van der Waals surface area contributed by atoms with Gasteiger partial charge < -0.3 is 10.8 Å². The molecule has 0 radical (unpaired) electrons. The van der Waals surface area contributed by atoms with Crippen LogP contribution < -0.4 is 5.73 Å². The van der Waals surface area contributed by atoms with Crippen molar-refractivity contribution in [2.45, 2.75) is 58.5 Å². The molecule has 3 heteroatoms. The van der Waals surface area contributed by atoms with Gasteiger partial charge in [0.1, 0.15) is 0 Å². The second-order valence-corrected chi connectivity index (χ2v) is 7.59. The first-order chi connectivity index (χ1) is 9.93. The van der Waals surface area contributed by atoms with Crippen LogP contribution in [0.2, 0.25) is 0 Å². The van der Waals surface area contributed by atoms with Crippen molar-refractivity contribution >= 4 is 0 Å². The number of nitrogens with two attached hydrogens (primary N) is 1. The van der Waals surface area contributed by atoms with Crippen LogP contribution in [-0.2, 0) is 0 Å². The first-order valence-corrected chi connectivity index (χ1v) is 8.21. The molecule has 1 aliphatic carbocycles. The van der Waals surface area contributed by atoms with Gasteiger partial charge in [-0.2, -0.15) is 0 Å². The highest BCUT2D eigenvalue weighted by Crippen LogP contribution is 2.42. The molecule has 1 aliphatic rings. The number of aromatic nitrogens is 1. The normalized spacial score (nSPS) is 26.3. The Bertz CT molecular complexity index is 419. The monoisotopic (exact) mass is 290 g/mol. The van der Waals surface area contributed by atoms with Gasteiger partial charge in [0.15, 0.2) is 0 Å². The Morgan fingerprint density at radius 1 is 1.19 bits per heavy atom. The summed E-state index contributed by atoms with van der Waals surface area (Å²) in [5.41, 5.74) is 7.42. The summed E-state index contributed by atoms with van der Waals surface area (Å²) in [7, 11) is 0. The molecule has 1 saturated carbocycles. The second kappa shape index (κ2) is 6.89. The highest BCUT2D eigenvalue weighted by Gasteiger charge is 2.35. The van der Waals surface area contributed by atoms with E-state index in [0.717, 1.165) is 24.3 Å². The third kappa shape index (κ3) is 4.04. The van der Waals surface area contributed by atoms with Gasteiger partial charge in [0, 0.05) is 24.9 Å². The molecule has 0 aliphatic heterocycles. The molecule has 0 bridgehead atoms. The Hall–Kier alpha value is -0.930. The predicted molar refractivity (Wildman–Crippen MR) is 86.9 cm³/mol. The fraction of sp³-hybridized carbons (Fsp3) is 0.722. The Morgan fingerprint density at radius 2 is 1.76 bits per heavy atom. The molecule has 0 spiro atoms. The van der Waals surface area contributed by atoms with Gasteiger partial charge in [0.25, 0.3) is 0 Å². The maximum Gasteiger partial charge on any atom is 0.0649 e. The molecular formula is C18H30N2O. The van der Waals surface area contributed by atoms with Gasteiger partial charge in [-0.15, -0.1) is 0 Å². The van der Waals surface area contributed by atoms with E-state index in [1.807, 2.05) is 12.1 Å². The maximum absolute atomic E-state index is 10.8. The van der Waals surface area contributed by atoms with E-state index in [1.54, 1.807) is 12.4 Å². The number of aliphatic hydroxyl groups excluding tert-OH is 1. The maximum atomic E-state index is 10.8. The number of hydrogen-bond donors (Lipinski definition) is 2. The second-order valence-electron chi connectivity index (χ2n) is 7.59. The zero-order valence-corrected chi connectivity index (χ0v) is 13.6. The van der Waals surface area contributed by atoms with E-state index in [1.165, 1.54) is 12.8 Å². The minimum atomic E-state index is -0.335. The smallest absolute Gasteiger partial charge is 0.0649 e. The van der Waals surface area contributed by atoms with E-state index in [-0.39, 0.29) is 12.0 Å². The molecule has 2 rings (SSSR count). The standard InChI is InChI=1S/C18H30N2O/c1-18(2,3)15-6-4-14(5-7-15)17(21)16(12-19)13-8-10-20-11-9-13/h8-11,14-17,21H,4-7,12,19H2,1-3H3. The zero-order valence-electron chi connectivity index (χ0n) is 13.6. The third-order valence-corrected chi connectivity index (χ3v) is 5.28. The van der Waals surface area contributed by atoms with Crippen molar-refractivity contribution in [2.75, 3.05) is 6.54 Å². The largest absolute Gasteiger partial charge is 0.392 e. The lowest BCUT2D eigenvalue weighted by Crippen LogP contribution is -2.36. The SMILES string of the molecule is CC(C)(C)C1CCC(C(O)C(CN)c2ccncc2)CC1. The molecule has 0 aromatic carbocycles. The van der Waals surface area contributed by atoms with E-state index in [0.29, 0.717) is 17.9 Å². The number of nitrogens with zero attached hydrogens (tertiary/aromatic N) is 1. The van der Waals surface area contributed by atoms with Crippen molar-refractivity contribution in [3.8, 4) is 0 Å². The Balaban J connectivity index is 1.99. The lowest BCUT2D eigenvalue weighted by molar-refractivity contribution is 0.0372. The molecule has 0 amide bonds. The molecule has 1 heterocycles. The number of rotatable bonds is 4. The molecule has 118 valence electrons. The minimum Gasteiger partial charge on any atom is -0.392 e. The Labute approximate surface area is 129 Å². The first kappa shape index (κ1) is 16.4. The summed E-state index contributed by atoms with van der Waals surface area (Å²) in [6.45, 7) is 7.47. The molecule has 2 atom stereocenters. The Kier molecular flexibility index (Phi) is 5.39. The molecule has 1 fully saturated rings. The number of pyridine rings is 1. The van der Waals surface area contributed by atoms with Gasteiger partial charge >= 0.3 is 0 Å². The van der Waals surface area contributed by atoms with E-state index in [9.17, 15) is 5.11 Å². The van der Waals surface area contributed by atoms with Crippen LogP contribution in [0.1, 0.15) is 57.9 Å². The molecule has 0 saturated heterocycles. The molecule has 1 aromatic heterocycles. The van der Waals surface area contributed by atoms with Crippen molar-refractivity contribution in [2.24, 2.45) is 23.0 Å². The predicted octanol–water partition coefficient (Wildman–Crippen LogP) is 3.34. The quantitative estimate of drug-likeness (QED) is 0.894. The van der Waals surface area contributed by atoms with Crippen molar-refractivity contribution in [3.63, 3.8) is 0 Å². The summed E-state index contributed by atoms with van der Waals surface area (Å²) in [6, 6.07) is 3.95. The number of aliphatic hydroxyl groups is 1. The topological polar surface area (TPSA) is 59.1 Å². The highest BCUT2D eigenvalue weighted by molar-refractivity contribution is 5.18. The van der Waals surface area contributed by atoms with Crippen LogP contribution in [0.4, 0.5) is 0 Å². The summed E-state index contributed by atoms with van der Waals surface area (Å²) in [4.78, 5) is 4.05. The average Bonchev–Trinajstić information content (AvgIpc) is 2.48. The summed E-state index contributed by atoms with van der Waals surface area (Å²) < 4.78 is 0. The summed E-state index contributed by atoms with van der Waals surface area (Å²) >= 11 is 0. The molecule has 1 aromatic rings. The summed E-state index contributed by atoms with van der Waals surface area (Å²) in [6.07, 6.45) is 7.90. The number of hydrogen-bond acceptors (Lipinski definition) is 3. The van der Waals surface area contributed by atoms with E-state index < -0.39 is 0 Å².